The molecule has 0 bridgehead atoms. The number of rotatable bonds is 9. The zero-order valence-corrected chi connectivity index (χ0v) is 19.4. The minimum absolute atomic E-state index is 0.0906. The van der Waals surface area contributed by atoms with E-state index < -0.39 is 23.5 Å². The first-order valence-electron chi connectivity index (χ1n) is 11.6. The summed E-state index contributed by atoms with van der Waals surface area (Å²) in [6, 6.07) is 16.1. The molecule has 0 spiro atoms. The van der Waals surface area contributed by atoms with Crippen molar-refractivity contribution in [3.8, 4) is 5.75 Å². The molecule has 2 aliphatic rings. The van der Waals surface area contributed by atoms with Gasteiger partial charge >= 0.3 is 0 Å². The summed E-state index contributed by atoms with van der Waals surface area (Å²) < 4.78 is 11.1. The summed E-state index contributed by atoms with van der Waals surface area (Å²) in [5, 5.41) is 10.8. The van der Waals surface area contributed by atoms with Gasteiger partial charge in [0, 0.05) is 26.2 Å². The van der Waals surface area contributed by atoms with E-state index in [4.69, 9.17) is 9.47 Å². The van der Waals surface area contributed by atoms with E-state index in [-0.39, 0.29) is 5.57 Å². The van der Waals surface area contributed by atoms with Gasteiger partial charge in [-0.05, 0) is 36.3 Å². The Kier molecular flexibility index (Phi) is 7.77. The topological polar surface area (TPSA) is 79.3 Å². The molecule has 2 heterocycles. The van der Waals surface area contributed by atoms with Crippen LogP contribution in [0.2, 0.25) is 0 Å². The number of nitrogens with zero attached hydrogens (tertiary/aromatic N) is 2. The van der Waals surface area contributed by atoms with Crippen molar-refractivity contribution < 1.29 is 24.2 Å². The largest absolute Gasteiger partial charge is 0.503 e. The van der Waals surface area contributed by atoms with Gasteiger partial charge in [-0.1, -0.05) is 48.5 Å². The average molecular weight is 463 g/mol. The Morgan fingerprint density at radius 2 is 1.88 bits per heavy atom. The molecule has 7 heteroatoms. The number of morpholine rings is 1. The number of hydrogen-bond donors (Lipinski definition) is 1. The molecule has 1 atom stereocenters. The Hall–Kier alpha value is -3.42. The van der Waals surface area contributed by atoms with Crippen molar-refractivity contribution in [2.24, 2.45) is 0 Å². The molecule has 1 N–H and O–H groups in total. The molecule has 0 aliphatic carbocycles. The van der Waals surface area contributed by atoms with Crippen LogP contribution in [-0.4, -0.2) is 72.6 Å². The van der Waals surface area contributed by atoms with Crippen molar-refractivity contribution in [1.29, 1.82) is 0 Å². The van der Waals surface area contributed by atoms with Crippen molar-refractivity contribution in [2.75, 3.05) is 46.0 Å². The maximum atomic E-state index is 13.3. The van der Waals surface area contributed by atoms with Crippen molar-refractivity contribution in [3.05, 3.63) is 83.1 Å². The quantitative estimate of drug-likeness (QED) is 0.576. The minimum atomic E-state index is -0.693. The van der Waals surface area contributed by atoms with Gasteiger partial charge in [-0.2, -0.15) is 0 Å². The van der Waals surface area contributed by atoms with Crippen molar-refractivity contribution in [3.63, 3.8) is 0 Å². The van der Waals surface area contributed by atoms with Crippen LogP contribution in [0.25, 0.3) is 6.08 Å². The lowest BCUT2D eigenvalue weighted by atomic mass is 9.95. The molecular weight excluding hydrogens is 432 g/mol. The fourth-order valence-corrected chi connectivity index (χ4v) is 4.32. The molecule has 1 saturated heterocycles. The highest BCUT2D eigenvalue weighted by Gasteiger charge is 2.43. The molecule has 7 nitrogen and oxygen atoms in total. The Balaban J connectivity index is 1.64. The van der Waals surface area contributed by atoms with Crippen LogP contribution in [-0.2, 0) is 14.3 Å². The molecule has 2 aliphatic heterocycles. The molecule has 0 saturated carbocycles. The lowest BCUT2D eigenvalue weighted by Gasteiger charge is -2.31. The molecule has 0 aromatic heterocycles. The first kappa shape index (κ1) is 23.7. The molecule has 1 fully saturated rings. The van der Waals surface area contributed by atoms with E-state index in [1.54, 1.807) is 11.0 Å². The first-order valence-corrected chi connectivity index (χ1v) is 11.6. The van der Waals surface area contributed by atoms with Gasteiger partial charge in [0.15, 0.2) is 11.5 Å². The summed E-state index contributed by atoms with van der Waals surface area (Å²) in [4.78, 5) is 30.2. The second-order valence-electron chi connectivity index (χ2n) is 8.23. The Bertz CT molecular complexity index is 1070. The second-order valence-corrected chi connectivity index (χ2v) is 8.23. The number of carbonyl (C=O) groups excluding carboxylic acids is 2. The molecule has 34 heavy (non-hydrogen) atoms. The molecule has 2 aromatic rings. The number of aliphatic hydroxyl groups excluding tert-OH is 1. The number of ether oxygens (including phenoxy) is 2. The summed E-state index contributed by atoms with van der Waals surface area (Å²) in [6.07, 6.45) is 3.11. The van der Waals surface area contributed by atoms with Crippen molar-refractivity contribution in [1.82, 2.24) is 9.80 Å². The van der Waals surface area contributed by atoms with Crippen LogP contribution in [0.3, 0.4) is 0 Å². The summed E-state index contributed by atoms with van der Waals surface area (Å²) in [5.74, 6) is -0.762. The van der Waals surface area contributed by atoms with Crippen LogP contribution < -0.4 is 4.74 Å². The third-order valence-corrected chi connectivity index (χ3v) is 6.04. The molecule has 2 aromatic carbocycles. The summed E-state index contributed by atoms with van der Waals surface area (Å²) in [6.45, 7) is 6.30. The summed E-state index contributed by atoms with van der Waals surface area (Å²) >= 11 is 0. The van der Waals surface area contributed by atoms with E-state index in [2.05, 4.69) is 4.90 Å². The molecule has 0 radical (unpaired) electrons. The highest BCUT2D eigenvalue weighted by atomic mass is 16.5. The molecule has 0 unspecified atom stereocenters. The summed E-state index contributed by atoms with van der Waals surface area (Å²) in [5.41, 5.74) is 1.67. The minimum Gasteiger partial charge on any atom is -0.503 e. The van der Waals surface area contributed by atoms with Crippen LogP contribution in [0.5, 0.6) is 5.75 Å². The number of carbonyl (C=O) groups is 2. The van der Waals surface area contributed by atoms with E-state index in [0.29, 0.717) is 38.7 Å². The first-order chi connectivity index (χ1) is 16.6. The zero-order chi connectivity index (χ0) is 23.9. The highest BCUT2D eigenvalue weighted by Crippen LogP contribution is 2.39. The number of hydrogen-bond acceptors (Lipinski definition) is 6. The molecule has 178 valence electrons. The van der Waals surface area contributed by atoms with Gasteiger partial charge < -0.3 is 19.5 Å². The number of allylic oxidation sites excluding steroid dienone is 1. The Morgan fingerprint density at radius 1 is 1.12 bits per heavy atom. The smallest absolute Gasteiger partial charge is 0.290 e. The van der Waals surface area contributed by atoms with Crippen LogP contribution in [0, 0.1) is 0 Å². The van der Waals surface area contributed by atoms with E-state index in [1.165, 1.54) is 6.08 Å². The molecule has 1 amide bonds. The Labute approximate surface area is 199 Å². The van der Waals surface area contributed by atoms with Gasteiger partial charge in [-0.15, -0.1) is 0 Å². The van der Waals surface area contributed by atoms with Gasteiger partial charge in [-0.3, -0.25) is 14.5 Å². The summed E-state index contributed by atoms with van der Waals surface area (Å²) in [7, 11) is 0. The second kappa shape index (κ2) is 11.1. The van der Waals surface area contributed by atoms with Crippen LogP contribution in [0.15, 0.2) is 72.0 Å². The predicted octanol–water partition coefficient (Wildman–Crippen LogP) is 3.40. The van der Waals surface area contributed by atoms with Crippen LogP contribution >= 0.6 is 0 Å². The fraction of sp³-hybridized carbons (Fsp3) is 0.333. The van der Waals surface area contributed by atoms with Crippen LogP contribution in [0.1, 0.15) is 24.1 Å². The third-order valence-electron chi connectivity index (χ3n) is 6.04. The average Bonchev–Trinajstić information content (AvgIpc) is 3.13. The van der Waals surface area contributed by atoms with Crippen molar-refractivity contribution >= 4 is 17.8 Å². The number of amides is 1. The van der Waals surface area contributed by atoms with Gasteiger partial charge in [0.25, 0.3) is 5.91 Å². The fourth-order valence-electron chi connectivity index (χ4n) is 4.32. The number of benzene rings is 2. The normalized spacial score (nSPS) is 19.3. The molecular formula is C27H30N2O5. The number of ketones is 1. The SMILES string of the molecule is CCOc1cccc([C@H]2C(C(=O)/C=C/c3ccccc3)=C(O)C(=O)N2CCN2CCOCC2)c1. The number of aliphatic hydroxyl groups is 1. The van der Waals surface area contributed by atoms with Crippen molar-refractivity contribution in [2.45, 2.75) is 13.0 Å². The maximum absolute atomic E-state index is 13.3. The van der Waals surface area contributed by atoms with E-state index in [0.717, 1.165) is 24.2 Å². The van der Waals surface area contributed by atoms with Gasteiger partial charge in [0.2, 0.25) is 0 Å². The van der Waals surface area contributed by atoms with Gasteiger partial charge in [-0.25, -0.2) is 0 Å². The van der Waals surface area contributed by atoms with E-state index in [1.807, 2.05) is 61.5 Å². The standard InChI is InChI=1S/C27H30N2O5/c1-2-34-22-10-6-9-21(19-22)25-24(23(30)12-11-20-7-4-3-5-8-20)26(31)27(32)29(25)14-13-28-15-17-33-18-16-28/h3-12,19,25,31H,2,13-18H2,1H3/b12-11+/t25-/m0/s1. The highest BCUT2D eigenvalue weighted by molar-refractivity contribution is 6.14. The predicted molar refractivity (Wildman–Crippen MR) is 129 cm³/mol. The zero-order valence-electron chi connectivity index (χ0n) is 19.4. The van der Waals surface area contributed by atoms with E-state index >= 15 is 0 Å². The Morgan fingerprint density at radius 3 is 2.62 bits per heavy atom. The lowest BCUT2D eigenvalue weighted by Crippen LogP contribution is -2.43. The van der Waals surface area contributed by atoms with Crippen LogP contribution in [0.4, 0.5) is 0 Å². The van der Waals surface area contributed by atoms with E-state index in [9.17, 15) is 14.7 Å². The molecule has 4 rings (SSSR count). The monoisotopic (exact) mass is 462 g/mol. The third kappa shape index (κ3) is 5.38. The lowest BCUT2D eigenvalue weighted by molar-refractivity contribution is -0.129. The van der Waals surface area contributed by atoms with Gasteiger partial charge in [0.05, 0.1) is 31.4 Å². The maximum Gasteiger partial charge on any atom is 0.290 e. The van der Waals surface area contributed by atoms with Gasteiger partial charge in [0.1, 0.15) is 5.75 Å².